The Kier molecular flexibility index (Phi) is 6.13. The number of nitrogens with one attached hydrogen (secondary N) is 1. The van der Waals surface area contributed by atoms with Crippen LogP contribution in [0.25, 0.3) is 0 Å². The smallest absolute Gasteiger partial charge is 0.193 e. The van der Waals surface area contributed by atoms with Crippen molar-refractivity contribution in [2.45, 2.75) is 45.3 Å². The molecule has 3 unspecified atom stereocenters. The molecular weight excluding hydrogens is 298 g/mol. The van der Waals surface area contributed by atoms with Crippen molar-refractivity contribution in [1.82, 2.24) is 10.2 Å². The van der Waals surface area contributed by atoms with Crippen LogP contribution in [-0.2, 0) is 11.3 Å². The molecule has 3 rings (SSSR count). The minimum atomic E-state index is 0.609. The average molecular weight is 329 g/mol. The Bertz CT molecular complexity index is 531. The molecule has 0 radical (unpaired) electrons. The van der Waals surface area contributed by atoms with E-state index in [0.29, 0.717) is 18.6 Å². The van der Waals surface area contributed by atoms with Crippen LogP contribution in [0.2, 0.25) is 0 Å². The lowest BCUT2D eigenvalue weighted by Crippen LogP contribution is -2.41. The highest BCUT2D eigenvalue weighted by molar-refractivity contribution is 5.80. The maximum Gasteiger partial charge on any atom is 0.193 e. The van der Waals surface area contributed by atoms with E-state index >= 15 is 0 Å². The minimum absolute atomic E-state index is 0.609. The summed E-state index contributed by atoms with van der Waals surface area (Å²) in [5.74, 6) is 2.56. The zero-order valence-corrected chi connectivity index (χ0v) is 15.1. The Balaban J connectivity index is 1.38. The Labute approximate surface area is 146 Å². The number of aliphatic imine (C=N–C) groups is 1. The molecular formula is C20H31N3O. The van der Waals surface area contributed by atoms with Crippen LogP contribution in [0.4, 0.5) is 0 Å². The number of ether oxygens (including phenoxy) is 1. The zero-order valence-electron chi connectivity index (χ0n) is 15.1. The fourth-order valence-corrected chi connectivity index (χ4v) is 3.66. The lowest BCUT2D eigenvalue weighted by Gasteiger charge is -2.22. The van der Waals surface area contributed by atoms with E-state index in [9.17, 15) is 0 Å². The summed E-state index contributed by atoms with van der Waals surface area (Å²) in [4.78, 5) is 6.90. The van der Waals surface area contributed by atoms with Crippen molar-refractivity contribution in [3.63, 3.8) is 0 Å². The zero-order chi connectivity index (χ0) is 16.8. The van der Waals surface area contributed by atoms with Crippen molar-refractivity contribution in [2.75, 3.05) is 26.7 Å². The van der Waals surface area contributed by atoms with Crippen molar-refractivity contribution in [1.29, 1.82) is 0 Å². The van der Waals surface area contributed by atoms with Gasteiger partial charge < -0.3 is 15.0 Å². The van der Waals surface area contributed by atoms with E-state index in [2.05, 4.69) is 46.4 Å². The maximum atomic E-state index is 5.92. The lowest BCUT2D eigenvalue weighted by molar-refractivity contribution is 0.0906. The van der Waals surface area contributed by atoms with Gasteiger partial charge in [0.25, 0.3) is 0 Å². The second-order valence-corrected chi connectivity index (χ2v) is 7.18. The molecule has 1 heterocycles. The Morgan fingerprint density at radius 3 is 2.92 bits per heavy atom. The molecule has 1 saturated carbocycles. The summed E-state index contributed by atoms with van der Waals surface area (Å²) >= 11 is 0. The van der Waals surface area contributed by atoms with Gasteiger partial charge in [-0.25, -0.2) is 0 Å². The van der Waals surface area contributed by atoms with E-state index < -0.39 is 0 Å². The van der Waals surface area contributed by atoms with E-state index in [0.717, 1.165) is 31.6 Å². The van der Waals surface area contributed by atoms with Crippen molar-refractivity contribution in [3.8, 4) is 0 Å². The maximum absolute atomic E-state index is 5.92. The SMILES string of the molecule is CCCC1CC1NC(=NC)N1CCC(COCc2ccccc2)C1. The summed E-state index contributed by atoms with van der Waals surface area (Å²) in [6, 6.07) is 11.1. The van der Waals surface area contributed by atoms with Crippen molar-refractivity contribution < 1.29 is 4.74 Å². The van der Waals surface area contributed by atoms with Crippen LogP contribution in [-0.4, -0.2) is 43.6 Å². The standard InChI is InChI=1S/C20H31N3O/c1-3-7-18-12-19(18)22-20(21-2)23-11-10-17(13-23)15-24-14-16-8-5-4-6-9-16/h4-6,8-9,17-19H,3,7,10-15H2,1-2H3,(H,21,22). The van der Waals surface area contributed by atoms with Crippen LogP contribution in [0.5, 0.6) is 0 Å². The number of benzene rings is 1. The highest BCUT2D eigenvalue weighted by atomic mass is 16.5. The Morgan fingerprint density at radius 1 is 1.33 bits per heavy atom. The van der Waals surface area contributed by atoms with Crippen LogP contribution in [0, 0.1) is 11.8 Å². The fraction of sp³-hybridized carbons (Fsp3) is 0.650. The minimum Gasteiger partial charge on any atom is -0.376 e. The quantitative estimate of drug-likeness (QED) is 0.616. The largest absolute Gasteiger partial charge is 0.376 e. The summed E-state index contributed by atoms with van der Waals surface area (Å²) in [6.45, 7) is 5.96. The molecule has 0 spiro atoms. The van der Waals surface area contributed by atoms with Gasteiger partial charge in [-0.15, -0.1) is 0 Å². The summed E-state index contributed by atoms with van der Waals surface area (Å²) in [6.07, 6.45) is 5.12. The van der Waals surface area contributed by atoms with E-state index in [1.54, 1.807) is 0 Å². The Hall–Kier alpha value is -1.55. The van der Waals surface area contributed by atoms with Crippen molar-refractivity contribution in [3.05, 3.63) is 35.9 Å². The number of likely N-dealkylation sites (tertiary alicyclic amines) is 1. The van der Waals surface area contributed by atoms with Gasteiger partial charge in [0.2, 0.25) is 0 Å². The Morgan fingerprint density at radius 2 is 2.17 bits per heavy atom. The number of hydrogen-bond acceptors (Lipinski definition) is 2. The summed E-state index contributed by atoms with van der Waals surface area (Å²) < 4.78 is 5.92. The molecule has 0 amide bonds. The number of nitrogens with zero attached hydrogens (tertiary/aromatic N) is 2. The molecule has 1 aliphatic carbocycles. The van der Waals surface area contributed by atoms with Crippen molar-refractivity contribution in [2.24, 2.45) is 16.8 Å². The first-order chi connectivity index (χ1) is 11.8. The molecule has 24 heavy (non-hydrogen) atoms. The first kappa shape index (κ1) is 17.3. The third-order valence-electron chi connectivity index (χ3n) is 5.16. The van der Waals surface area contributed by atoms with E-state index in [-0.39, 0.29) is 0 Å². The van der Waals surface area contributed by atoms with Crippen molar-refractivity contribution >= 4 is 5.96 Å². The summed E-state index contributed by atoms with van der Waals surface area (Å²) in [5, 5.41) is 3.66. The van der Waals surface area contributed by atoms with E-state index in [1.807, 2.05) is 13.1 Å². The normalized spacial score (nSPS) is 26.7. The molecule has 0 aromatic heterocycles. The van der Waals surface area contributed by atoms with E-state index in [1.165, 1.54) is 31.2 Å². The van der Waals surface area contributed by atoms with Gasteiger partial charge in [0.1, 0.15) is 0 Å². The third-order valence-corrected chi connectivity index (χ3v) is 5.16. The predicted molar refractivity (Wildman–Crippen MR) is 99.1 cm³/mol. The molecule has 132 valence electrons. The second kappa shape index (κ2) is 8.52. The van der Waals surface area contributed by atoms with Gasteiger partial charge in [0.15, 0.2) is 5.96 Å². The molecule has 2 fully saturated rings. The van der Waals surface area contributed by atoms with Gasteiger partial charge in [0, 0.05) is 32.1 Å². The summed E-state index contributed by atoms with van der Waals surface area (Å²) in [5.41, 5.74) is 1.25. The molecule has 2 aliphatic rings. The van der Waals surface area contributed by atoms with Gasteiger partial charge in [0.05, 0.1) is 13.2 Å². The molecule has 4 nitrogen and oxygen atoms in total. The number of hydrogen-bond donors (Lipinski definition) is 1. The average Bonchev–Trinajstić information content (AvgIpc) is 3.16. The molecule has 3 atom stereocenters. The topological polar surface area (TPSA) is 36.9 Å². The lowest BCUT2D eigenvalue weighted by atomic mass is 10.1. The molecule has 1 aliphatic heterocycles. The second-order valence-electron chi connectivity index (χ2n) is 7.18. The first-order valence-electron chi connectivity index (χ1n) is 9.40. The van der Waals surface area contributed by atoms with Crippen LogP contribution in [0.1, 0.15) is 38.2 Å². The molecule has 1 aromatic carbocycles. The van der Waals surface area contributed by atoms with Crippen LogP contribution < -0.4 is 5.32 Å². The molecule has 4 heteroatoms. The van der Waals surface area contributed by atoms with Crippen LogP contribution in [0.15, 0.2) is 35.3 Å². The van der Waals surface area contributed by atoms with Gasteiger partial charge in [-0.05, 0) is 30.7 Å². The van der Waals surface area contributed by atoms with Gasteiger partial charge >= 0.3 is 0 Å². The number of guanidine groups is 1. The fourth-order valence-electron chi connectivity index (χ4n) is 3.66. The summed E-state index contributed by atoms with van der Waals surface area (Å²) in [7, 11) is 1.90. The molecule has 1 N–H and O–H groups in total. The predicted octanol–water partition coefficient (Wildman–Crippen LogP) is 3.29. The molecule has 1 aromatic rings. The van der Waals surface area contributed by atoms with Crippen LogP contribution >= 0.6 is 0 Å². The van der Waals surface area contributed by atoms with E-state index in [4.69, 9.17) is 4.74 Å². The monoisotopic (exact) mass is 329 g/mol. The highest BCUT2D eigenvalue weighted by Crippen LogP contribution is 2.34. The molecule has 1 saturated heterocycles. The number of rotatable bonds is 7. The molecule has 0 bridgehead atoms. The van der Waals surface area contributed by atoms with Crippen LogP contribution in [0.3, 0.4) is 0 Å². The highest BCUT2D eigenvalue weighted by Gasteiger charge is 2.38. The third kappa shape index (κ3) is 4.73. The van der Waals surface area contributed by atoms with Gasteiger partial charge in [-0.1, -0.05) is 43.7 Å². The van der Waals surface area contributed by atoms with Gasteiger partial charge in [-0.3, -0.25) is 4.99 Å². The first-order valence-corrected chi connectivity index (χ1v) is 9.40. The van der Waals surface area contributed by atoms with Gasteiger partial charge in [-0.2, -0.15) is 0 Å².